The monoisotopic (exact) mass is 304 g/mol. The van der Waals surface area contributed by atoms with Crippen molar-refractivity contribution in [3.63, 3.8) is 0 Å². The Morgan fingerprint density at radius 1 is 1.24 bits per heavy atom. The second-order valence-electron chi connectivity index (χ2n) is 5.36. The molecule has 3 N–H and O–H groups in total. The molecule has 1 aromatic rings. The third kappa shape index (κ3) is 4.09. The lowest BCUT2D eigenvalue weighted by Gasteiger charge is -2.29. The lowest BCUT2D eigenvalue weighted by atomic mass is 9.80. The largest absolute Gasteiger partial charge is 0.399 e. The van der Waals surface area contributed by atoms with Crippen molar-refractivity contribution in [1.29, 1.82) is 0 Å². The minimum absolute atomic E-state index is 0.0557. The van der Waals surface area contributed by atoms with Crippen LogP contribution in [-0.4, -0.2) is 12.1 Å². The summed E-state index contributed by atoms with van der Waals surface area (Å²) in [5.74, 6) is -3.29. The second kappa shape index (κ2) is 5.91. The molecule has 116 valence electrons. The quantitative estimate of drug-likeness (QED) is 0.646. The number of rotatable bonds is 2. The Labute approximate surface area is 119 Å². The molecule has 2 unspecified atom stereocenters. The third-order valence-electron chi connectivity index (χ3n) is 3.70. The van der Waals surface area contributed by atoms with Crippen LogP contribution < -0.4 is 11.1 Å². The molecule has 0 bridgehead atoms. The third-order valence-corrected chi connectivity index (χ3v) is 3.70. The van der Waals surface area contributed by atoms with E-state index in [0.29, 0.717) is 12.8 Å². The molecule has 0 aliphatic heterocycles. The number of nitrogens with one attached hydrogen (secondary N) is 1. The van der Waals surface area contributed by atoms with E-state index in [2.05, 4.69) is 5.32 Å². The molecule has 1 aliphatic rings. The summed E-state index contributed by atoms with van der Waals surface area (Å²) in [4.78, 5) is 12.0. The Kier molecular flexibility index (Phi) is 4.39. The first kappa shape index (κ1) is 15.6. The molecule has 2 rings (SSSR count). The highest BCUT2D eigenvalue weighted by atomic mass is 19.4. The second-order valence-corrected chi connectivity index (χ2v) is 5.36. The lowest BCUT2D eigenvalue weighted by molar-refractivity contribution is -0.185. The number of carbonyl (C=O) groups is 1. The molecular weight excluding hydrogens is 288 g/mol. The average molecular weight is 304 g/mol. The summed E-state index contributed by atoms with van der Waals surface area (Å²) >= 11 is 0. The molecule has 1 aliphatic carbocycles. The maximum absolute atomic E-state index is 13.2. The fourth-order valence-corrected chi connectivity index (χ4v) is 2.65. The standard InChI is InChI=1S/C14H16F4N2O/c15-10-5-11(19)7-12(6-10)20-13(21)8-2-1-3-9(4-8)14(16,17)18/h5-9H,1-4,19H2,(H,20,21). The highest BCUT2D eigenvalue weighted by Gasteiger charge is 2.43. The number of benzene rings is 1. The van der Waals surface area contributed by atoms with Gasteiger partial charge in [-0.2, -0.15) is 13.2 Å². The van der Waals surface area contributed by atoms with E-state index in [1.54, 1.807) is 0 Å². The molecule has 0 heterocycles. The predicted octanol–water partition coefficient (Wildman–Crippen LogP) is 3.72. The maximum atomic E-state index is 13.2. The van der Waals surface area contributed by atoms with Gasteiger partial charge in [-0.15, -0.1) is 0 Å². The number of alkyl halides is 3. The highest BCUT2D eigenvalue weighted by molar-refractivity contribution is 5.93. The number of nitrogen functional groups attached to an aromatic ring is 1. The van der Waals surface area contributed by atoms with Gasteiger partial charge in [0.05, 0.1) is 5.92 Å². The van der Waals surface area contributed by atoms with Gasteiger partial charge < -0.3 is 11.1 Å². The molecule has 0 saturated heterocycles. The summed E-state index contributed by atoms with van der Waals surface area (Å²) in [6.07, 6.45) is -3.68. The van der Waals surface area contributed by atoms with Gasteiger partial charge in [-0.3, -0.25) is 4.79 Å². The van der Waals surface area contributed by atoms with E-state index in [4.69, 9.17) is 5.73 Å². The van der Waals surface area contributed by atoms with Gasteiger partial charge in [-0.25, -0.2) is 4.39 Å². The van der Waals surface area contributed by atoms with Crippen LogP contribution >= 0.6 is 0 Å². The molecule has 1 aromatic carbocycles. The first-order valence-corrected chi connectivity index (χ1v) is 6.69. The van der Waals surface area contributed by atoms with E-state index in [9.17, 15) is 22.4 Å². The number of carbonyl (C=O) groups excluding carboxylic acids is 1. The summed E-state index contributed by atoms with van der Waals surface area (Å²) in [6, 6.07) is 3.54. The van der Waals surface area contributed by atoms with Crippen molar-refractivity contribution in [1.82, 2.24) is 0 Å². The molecule has 1 fully saturated rings. The molecule has 1 amide bonds. The average Bonchev–Trinajstić information content (AvgIpc) is 2.36. The van der Waals surface area contributed by atoms with Crippen molar-refractivity contribution in [2.45, 2.75) is 31.9 Å². The zero-order chi connectivity index (χ0) is 15.6. The van der Waals surface area contributed by atoms with Gasteiger partial charge in [-0.05, 0) is 37.5 Å². The van der Waals surface area contributed by atoms with Crippen molar-refractivity contribution < 1.29 is 22.4 Å². The van der Waals surface area contributed by atoms with Gasteiger partial charge >= 0.3 is 6.18 Å². The molecule has 0 spiro atoms. The minimum Gasteiger partial charge on any atom is -0.399 e. The molecular formula is C14H16F4N2O. The van der Waals surface area contributed by atoms with Crippen LogP contribution in [0.25, 0.3) is 0 Å². The van der Waals surface area contributed by atoms with Crippen molar-refractivity contribution in [3.8, 4) is 0 Å². The summed E-state index contributed by atoms with van der Waals surface area (Å²) < 4.78 is 51.3. The van der Waals surface area contributed by atoms with E-state index in [1.165, 1.54) is 6.07 Å². The number of hydrogen-bond donors (Lipinski definition) is 2. The lowest BCUT2D eigenvalue weighted by Crippen LogP contribution is -2.34. The molecule has 0 radical (unpaired) electrons. The number of nitrogens with two attached hydrogens (primary N) is 1. The summed E-state index contributed by atoms with van der Waals surface area (Å²) in [5.41, 5.74) is 5.75. The minimum atomic E-state index is -4.28. The molecule has 2 atom stereocenters. The number of hydrogen-bond acceptors (Lipinski definition) is 2. The van der Waals surface area contributed by atoms with Crippen molar-refractivity contribution >= 4 is 17.3 Å². The predicted molar refractivity (Wildman–Crippen MR) is 70.9 cm³/mol. The van der Waals surface area contributed by atoms with Gasteiger partial charge in [-0.1, -0.05) is 6.42 Å². The summed E-state index contributed by atoms with van der Waals surface area (Å²) in [5, 5.41) is 2.44. The van der Waals surface area contributed by atoms with Crippen LogP contribution in [0.15, 0.2) is 18.2 Å². The molecule has 0 aromatic heterocycles. The van der Waals surface area contributed by atoms with Gasteiger partial charge in [0.1, 0.15) is 5.82 Å². The smallest absolute Gasteiger partial charge is 0.391 e. The van der Waals surface area contributed by atoms with Crippen LogP contribution in [-0.2, 0) is 4.79 Å². The van der Waals surface area contributed by atoms with Crippen LogP contribution in [0.1, 0.15) is 25.7 Å². The Morgan fingerprint density at radius 3 is 2.57 bits per heavy atom. The van der Waals surface area contributed by atoms with Crippen molar-refractivity contribution in [3.05, 3.63) is 24.0 Å². The maximum Gasteiger partial charge on any atom is 0.391 e. The number of anilines is 2. The fraction of sp³-hybridized carbons (Fsp3) is 0.500. The van der Waals surface area contributed by atoms with Crippen molar-refractivity contribution in [2.75, 3.05) is 11.1 Å². The first-order valence-electron chi connectivity index (χ1n) is 6.69. The summed E-state index contributed by atoms with van der Waals surface area (Å²) in [6.45, 7) is 0. The van der Waals surface area contributed by atoms with E-state index in [1.807, 2.05) is 0 Å². The van der Waals surface area contributed by atoms with Crippen LogP contribution in [0, 0.1) is 17.7 Å². The van der Waals surface area contributed by atoms with E-state index in [-0.39, 0.29) is 24.2 Å². The topological polar surface area (TPSA) is 55.1 Å². The SMILES string of the molecule is Nc1cc(F)cc(NC(=O)C2CCCC(C(F)(F)F)C2)c1. The van der Waals surface area contributed by atoms with E-state index < -0.39 is 29.7 Å². The van der Waals surface area contributed by atoms with Crippen LogP contribution in [0.2, 0.25) is 0 Å². The van der Waals surface area contributed by atoms with Crippen LogP contribution in [0.3, 0.4) is 0 Å². The first-order chi connectivity index (χ1) is 9.75. The Bertz CT molecular complexity index is 510. The Balaban J connectivity index is 2.03. The van der Waals surface area contributed by atoms with Gasteiger partial charge in [0, 0.05) is 17.3 Å². The number of halogens is 4. The fourth-order valence-electron chi connectivity index (χ4n) is 2.65. The Hall–Kier alpha value is -1.79. The van der Waals surface area contributed by atoms with Crippen molar-refractivity contribution in [2.24, 2.45) is 11.8 Å². The normalized spacial score (nSPS) is 22.9. The van der Waals surface area contributed by atoms with Crippen LogP contribution in [0.5, 0.6) is 0 Å². The summed E-state index contributed by atoms with van der Waals surface area (Å²) in [7, 11) is 0. The Morgan fingerprint density at radius 2 is 1.95 bits per heavy atom. The molecule has 7 heteroatoms. The molecule has 3 nitrogen and oxygen atoms in total. The zero-order valence-electron chi connectivity index (χ0n) is 11.2. The van der Waals surface area contributed by atoms with Gasteiger partial charge in [0.15, 0.2) is 0 Å². The van der Waals surface area contributed by atoms with Gasteiger partial charge in [0.25, 0.3) is 0 Å². The van der Waals surface area contributed by atoms with E-state index >= 15 is 0 Å². The molecule has 21 heavy (non-hydrogen) atoms. The zero-order valence-corrected chi connectivity index (χ0v) is 11.2. The van der Waals surface area contributed by atoms with Gasteiger partial charge in [0.2, 0.25) is 5.91 Å². The highest BCUT2D eigenvalue weighted by Crippen LogP contribution is 2.40. The number of amides is 1. The van der Waals surface area contributed by atoms with Crippen LogP contribution in [0.4, 0.5) is 28.9 Å². The van der Waals surface area contributed by atoms with E-state index in [0.717, 1.165) is 12.1 Å². The molecule has 1 saturated carbocycles.